The van der Waals surface area contributed by atoms with Crippen molar-refractivity contribution in [2.45, 2.75) is 38.6 Å². The third kappa shape index (κ3) is 3.87. The third-order valence-corrected chi connectivity index (χ3v) is 5.62. The molecule has 140 valence electrons. The lowest BCUT2D eigenvalue weighted by molar-refractivity contribution is 0.0689. The Bertz CT molecular complexity index is 921. The van der Waals surface area contributed by atoms with Crippen LogP contribution in [0, 0.1) is 5.92 Å². The summed E-state index contributed by atoms with van der Waals surface area (Å²) in [6.45, 7) is 1.29. The van der Waals surface area contributed by atoms with Crippen LogP contribution in [0.25, 0.3) is 10.8 Å². The Hall–Kier alpha value is -2.69. The van der Waals surface area contributed by atoms with Crippen LogP contribution in [0.2, 0.25) is 0 Å². The maximum atomic E-state index is 13.5. The van der Waals surface area contributed by atoms with Gasteiger partial charge in [-0.2, -0.15) is 0 Å². The van der Waals surface area contributed by atoms with E-state index in [-0.39, 0.29) is 5.91 Å². The lowest BCUT2D eigenvalue weighted by Crippen LogP contribution is -2.37. The van der Waals surface area contributed by atoms with E-state index in [1.807, 2.05) is 53.0 Å². The summed E-state index contributed by atoms with van der Waals surface area (Å²) in [7, 11) is 1.97. The number of hydrogen-bond donors (Lipinski definition) is 0. The first-order chi connectivity index (χ1) is 13.2. The first kappa shape index (κ1) is 17.7. The minimum atomic E-state index is 0.000346. The second kappa shape index (κ2) is 7.91. The highest BCUT2D eigenvalue weighted by atomic mass is 16.2. The van der Waals surface area contributed by atoms with Gasteiger partial charge in [-0.1, -0.05) is 43.5 Å². The molecule has 0 atom stereocenters. The quantitative estimate of drug-likeness (QED) is 0.684. The average molecular weight is 362 g/mol. The summed E-state index contributed by atoms with van der Waals surface area (Å²) in [5.41, 5.74) is 0.540. The molecule has 2 heterocycles. The molecule has 5 heteroatoms. The molecular weight excluding hydrogens is 336 g/mol. The molecule has 4 rings (SSSR count). The van der Waals surface area contributed by atoms with E-state index in [1.54, 1.807) is 12.4 Å². The summed E-state index contributed by atoms with van der Waals surface area (Å²) in [4.78, 5) is 24.3. The lowest BCUT2D eigenvalue weighted by atomic mass is 9.89. The number of imidazole rings is 1. The van der Waals surface area contributed by atoms with E-state index in [4.69, 9.17) is 0 Å². The Kier molecular flexibility index (Phi) is 5.19. The van der Waals surface area contributed by atoms with Gasteiger partial charge in [0.25, 0.3) is 5.91 Å². The molecule has 0 bridgehead atoms. The molecule has 3 aromatic rings. The van der Waals surface area contributed by atoms with Crippen molar-refractivity contribution < 1.29 is 4.79 Å². The number of pyridine rings is 1. The van der Waals surface area contributed by atoms with Gasteiger partial charge in [-0.3, -0.25) is 9.78 Å². The Morgan fingerprint density at radius 1 is 1.11 bits per heavy atom. The Morgan fingerprint density at radius 3 is 2.70 bits per heavy atom. The molecular formula is C22H26N4O. The van der Waals surface area contributed by atoms with E-state index in [0.717, 1.165) is 23.1 Å². The van der Waals surface area contributed by atoms with E-state index in [2.05, 4.69) is 9.97 Å². The molecule has 0 aliphatic heterocycles. The molecule has 0 spiro atoms. The first-order valence-corrected chi connectivity index (χ1v) is 9.81. The molecule has 1 saturated carbocycles. The summed E-state index contributed by atoms with van der Waals surface area (Å²) in [5, 5.41) is 1.96. The normalized spacial score (nSPS) is 15.1. The van der Waals surface area contributed by atoms with Crippen molar-refractivity contribution in [2.24, 2.45) is 13.0 Å². The highest BCUT2D eigenvalue weighted by Crippen LogP contribution is 2.26. The van der Waals surface area contributed by atoms with Crippen molar-refractivity contribution >= 4 is 16.7 Å². The van der Waals surface area contributed by atoms with Crippen molar-refractivity contribution in [3.8, 4) is 0 Å². The number of carbonyl (C=O) groups is 1. The third-order valence-electron chi connectivity index (χ3n) is 5.62. The van der Waals surface area contributed by atoms with Crippen LogP contribution in [-0.4, -0.2) is 31.9 Å². The fourth-order valence-electron chi connectivity index (χ4n) is 4.06. The van der Waals surface area contributed by atoms with Crippen LogP contribution in [-0.2, 0) is 13.6 Å². The molecule has 0 saturated heterocycles. The van der Waals surface area contributed by atoms with Gasteiger partial charge < -0.3 is 9.47 Å². The number of benzene rings is 1. The molecule has 1 fully saturated rings. The molecule has 0 N–H and O–H groups in total. The number of hydrogen-bond acceptors (Lipinski definition) is 3. The van der Waals surface area contributed by atoms with E-state index < -0.39 is 0 Å². The number of nitrogens with zero attached hydrogens (tertiary/aromatic N) is 4. The molecule has 1 aromatic carbocycles. The predicted octanol–water partition coefficient (Wildman–Crippen LogP) is 4.19. The average Bonchev–Trinajstić information content (AvgIpc) is 3.12. The van der Waals surface area contributed by atoms with Crippen LogP contribution in [0.15, 0.2) is 48.9 Å². The Labute approximate surface area is 160 Å². The molecule has 0 radical (unpaired) electrons. The number of amides is 1. The van der Waals surface area contributed by atoms with Gasteiger partial charge in [0.15, 0.2) is 0 Å². The topological polar surface area (TPSA) is 51.0 Å². The molecule has 1 aliphatic carbocycles. The smallest absolute Gasteiger partial charge is 0.273 e. The highest BCUT2D eigenvalue weighted by molar-refractivity contribution is 6.05. The van der Waals surface area contributed by atoms with Gasteiger partial charge in [-0.05, 0) is 30.2 Å². The zero-order valence-electron chi connectivity index (χ0n) is 15.8. The van der Waals surface area contributed by atoms with Gasteiger partial charge in [0.2, 0.25) is 0 Å². The SMILES string of the molecule is Cn1ccnc1CN(CC1CCCCC1)C(=O)c1nccc2ccccc12. The van der Waals surface area contributed by atoms with Crippen molar-refractivity contribution in [3.05, 3.63) is 60.4 Å². The number of carbonyl (C=O) groups excluding carboxylic acids is 1. The van der Waals surface area contributed by atoms with Crippen LogP contribution in [0.3, 0.4) is 0 Å². The molecule has 1 amide bonds. The fraction of sp³-hybridized carbons (Fsp3) is 0.409. The van der Waals surface area contributed by atoms with E-state index in [9.17, 15) is 4.79 Å². The van der Waals surface area contributed by atoms with Crippen LogP contribution >= 0.6 is 0 Å². The minimum Gasteiger partial charge on any atom is -0.337 e. The number of aromatic nitrogens is 3. The molecule has 5 nitrogen and oxygen atoms in total. The fourth-order valence-corrected chi connectivity index (χ4v) is 4.06. The monoisotopic (exact) mass is 362 g/mol. The predicted molar refractivity (Wildman–Crippen MR) is 106 cm³/mol. The second-order valence-corrected chi connectivity index (χ2v) is 7.52. The summed E-state index contributed by atoms with van der Waals surface area (Å²) >= 11 is 0. The van der Waals surface area contributed by atoms with Crippen molar-refractivity contribution in [3.63, 3.8) is 0 Å². The molecule has 2 aromatic heterocycles. The molecule has 0 unspecified atom stereocenters. The summed E-state index contributed by atoms with van der Waals surface area (Å²) in [6.07, 6.45) is 11.7. The number of aryl methyl sites for hydroxylation is 1. The second-order valence-electron chi connectivity index (χ2n) is 7.52. The highest BCUT2D eigenvalue weighted by Gasteiger charge is 2.25. The zero-order valence-corrected chi connectivity index (χ0v) is 15.8. The summed E-state index contributed by atoms with van der Waals surface area (Å²) in [5.74, 6) is 1.47. The maximum absolute atomic E-state index is 13.5. The maximum Gasteiger partial charge on any atom is 0.273 e. The largest absolute Gasteiger partial charge is 0.337 e. The van der Waals surface area contributed by atoms with E-state index >= 15 is 0 Å². The zero-order chi connectivity index (χ0) is 18.6. The number of fused-ring (bicyclic) bond motifs is 1. The van der Waals surface area contributed by atoms with Gasteiger partial charge in [-0.15, -0.1) is 0 Å². The first-order valence-electron chi connectivity index (χ1n) is 9.81. The van der Waals surface area contributed by atoms with Gasteiger partial charge in [0.1, 0.15) is 11.5 Å². The van der Waals surface area contributed by atoms with Crippen LogP contribution < -0.4 is 0 Å². The van der Waals surface area contributed by atoms with Crippen molar-refractivity contribution in [2.75, 3.05) is 6.54 Å². The van der Waals surface area contributed by atoms with E-state index in [0.29, 0.717) is 18.2 Å². The van der Waals surface area contributed by atoms with Gasteiger partial charge >= 0.3 is 0 Å². The van der Waals surface area contributed by atoms with Gasteiger partial charge in [-0.25, -0.2) is 4.98 Å². The van der Waals surface area contributed by atoms with Crippen molar-refractivity contribution in [1.82, 2.24) is 19.4 Å². The Balaban J connectivity index is 1.65. The summed E-state index contributed by atoms with van der Waals surface area (Å²) < 4.78 is 1.98. The standard InChI is InChI=1S/C22H26N4O/c1-25-14-13-23-20(25)16-26(15-17-7-3-2-4-8-17)22(27)21-19-10-6-5-9-18(19)11-12-24-21/h5-6,9-14,17H,2-4,7-8,15-16H2,1H3. The summed E-state index contributed by atoms with van der Waals surface area (Å²) in [6, 6.07) is 9.92. The van der Waals surface area contributed by atoms with Crippen LogP contribution in [0.1, 0.15) is 48.4 Å². The van der Waals surface area contributed by atoms with Gasteiger partial charge in [0, 0.05) is 37.6 Å². The van der Waals surface area contributed by atoms with Crippen LogP contribution in [0.4, 0.5) is 0 Å². The van der Waals surface area contributed by atoms with E-state index in [1.165, 1.54) is 32.1 Å². The lowest BCUT2D eigenvalue weighted by Gasteiger charge is -2.29. The van der Waals surface area contributed by atoms with Crippen molar-refractivity contribution in [1.29, 1.82) is 0 Å². The Morgan fingerprint density at radius 2 is 1.93 bits per heavy atom. The van der Waals surface area contributed by atoms with Crippen LogP contribution in [0.5, 0.6) is 0 Å². The van der Waals surface area contributed by atoms with Gasteiger partial charge in [0.05, 0.1) is 6.54 Å². The number of rotatable bonds is 5. The molecule has 27 heavy (non-hydrogen) atoms. The molecule has 1 aliphatic rings. The minimum absolute atomic E-state index is 0.000346.